The van der Waals surface area contributed by atoms with E-state index in [1.807, 2.05) is 47.0 Å². The average Bonchev–Trinajstić information content (AvgIpc) is 3.32. The molecule has 0 aliphatic rings. The smallest absolute Gasteiger partial charge is 0.337 e. The molecule has 0 bridgehead atoms. The minimum Gasteiger partial charge on any atom is -0.465 e. The lowest BCUT2D eigenvalue weighted by atomic mass is 10.1. The van der Waals surface area contributed by atoms with Gasteiger partial charge < -0.3 is 4.74 Å². The Labute approximate surface area is 199 Å². The zero-order valence-corrected chi connectivity index (χ0v) is 19.0. The van der Waals surface area contributed by atoms with Gasteiger partial charge in [0.25, 0.3) is 5.91 Å². The Bertz CT molecular complexity index is 1290. The number of nitrogens with one attached hydrogen (secondary N) is 1. The van der Waals surface area contributed by atoms with Gasteiger partial charge in [-0.15, -0.1) is 10.2 Å². The Hall–Kier alpha value is -4.31. The van der Waals surface area contributed by atoms with Gasteiger partial charge in [-0.3, -0.25) is 14.3 Å². The highest BCUT2D eigenvalue weighted by molar-refractivity contribution is 7.99. The van der Waals surface area contributed by atoms with E-state index in [4.69, 9.17) is 0 Å². The molecule has 0 aliphatic heterocycles. The zero-order valence-electron chi connectivity index (χ0n) is 18.2. The summed E-state index contributed by atoms with van der Waals surface area (Å²) in [5.41, 5.74) is 5.42. The number of methoxy groups -OCH3 is 1. The molecule has 4 aromatic rings. The van der Waals surface area contributed by atoms with Crippen molar-refractivity contribution in [2.75, 3.05) is 12.9 Å². The molecule has 0 spiro atoms. The van der Waals surface area contributed by atoms with Gasteiger partial charge in [0.1, 0.15) is 0 Å². The molecule has 34 heavy (non-hydrogen) atoms. The topological polar surface area (TPSA) is 111 Å². The predicted octanol–water partition coefficient (Wildman–Crippen LogP) is 3.36. The van der Waals surface area contributed by atoms with E-state index in [1.54, 1.807) is 36.7 Å². The van der Waals surface area contributed by atoms with E-state index in [2.05, 4.69) is 30.4 Å². The number of hydrazone groups is 1. The Morgan fingerprint density at radius 2 is 1.76 bits per heavy atom. The number of para-hydroxylation sites is 1. The van der Waals surface area contributed by atoms with Gasteiger partial charge in [0, 0.05) is 23.6 Å². The number of thioether (sulfide) groups is 1. The van der Waals surface area contributed by atoms with Gasteiger partial charge in [0.2, 0.25) is 0 Å². The number of ether oxygens (including phenoxy) is 1. The van der Waals surface area contributed by atoms with E-state index in [1.165, 1.54) is 25.1 Å². The second-order valence-corrected chi connectivity index (χ2v) is 7.85. The van der Waals surface area contributed by atoms with Gasteiger partial charge in [-0.25, -0.2) is 10.2 Å². The van der Waals surface area contributed by atoms with Crippen LogP contribution in [-0.4, -0.2) is 50.7 Å². The number of rotatable bonds is 8. The standard InChI is InChI=1S/C24H20N6O3S/c1-33-23(32)19-9-7-17(8-10-19)15-26-27-21(31)16-34-24-29-28-22(18-11-13-25-14-12-18)30(24)20-5-3-2-4-6-20/h2-15H,16H2,1H3,(H,27,31). The summed E-state index contributed by atoms with van der Waals surface area (Å²) < 4.78 is 6.57. The van der Waals surface area contributed by atoms with Gasteiger partial charge in [-0.2, -0.15) is 5.10 Å². The fourth-order valence-corrected chi connectivity index (χ4v) is 3.77. The van der Waals surface area contributed by atoms with Crippen LogP contribution < -0.4 is 5.43 Å². The van der Waals surface area contributed by atoms with Crippen molar-refractivity contribution < 1.29 is 14.3 Å². The number of aromatic nitrogens is 4. The quantitative estimate of drug-likeness (QED) is 0.181. The van der Waals surface area contributed by atoms with E-state index >= 15 is 0 Å². The maximum absolute atomic E-state index is 12.3. The van der Waals surface area contributed by atoms with E-state index < -0.39 is 5.97 Å². The van der Waals surface area contributed by atoms with Crippen LogP contribution in [0.2, 0.25) is 0 Å². The third-order valence-corrected chi connectivity index (χ3v) is 5.58. The molecular formula is C24H20N6O3S. The number of benzene rings is 2. The summed E-state index contributed by atoms with van der Waals surface area (Å²) in [4.78, 5) is 27.9. The minimum absolute atomic E-state index is 0.0972. The molecule has 1 amide bonds. The normalized spacial score (nSPS) is 10.9. The molecule has 0 unspecified atom stereocenters. The van der Waals surface area contributed by atoms with Crippen LogP contribution >= 0.6 is 11.8 Å². The van der Waals surface area contributed by atoms with Crippen LogP contribution in [0.5, 0.6) is 0 Å². The van der Waals surface area contributed by atoms with Crippen molar-refractivity contribution in [3.63, 3.8) is 0 Å². The number of carbonyl (C=O) groups excluding carboxylic acids is 2. The number of carbonyl (C=O) groups is 2. The second-order valence-electron chi connectivity index (χ2n) is 6.91. The van der Waals surface area contributed by atoms with Gasteiger partial charge in [-0.1, -0.05) is 42.1 Å². The third kappa shape index (κ3) is 5.54. The Kier molecular flexibility index (Phi) is 7.41. The van der Waals surface area contributed by atoms with Crippen molar-refractivity contribution in [2.24, 2.45) is 5.10 Å². The van der Waals surface area contributed by atoms with Crippen LogP contribution in [-0.2, 0) is 9.53 Å². The maximum atomic E-state index is 12.3. The highest BCUT2D eigenvalue weighted by Gasteiger charge is 2.17. The first kappa shape index (κ1) is 22.9. The number of nitrogens with zero attached hydrogens (tertiary/aromatic N) is 5. The van der Waals surface area contributed by atoms with Crippen molar-refractivity contribution in [2.45, 2.75) is 5.16 Å². The lowest BCUT2D eigenvalue weighted by Gasteiger charge is -2.10. The summed E-state index contributed by atoms with van der Waals surface area (Å²) in [7, 11) is 1.33. The second kappa shape index (κ2) is 11.0. The van der Waals surface area contributed by atoms with Crippen molar-refractivity contribution in [1.29, 1.82) is 0 Å². The van der Waals surface area contributed by atoms with E-state index in [9.17, 15) is 9.59 Å². The van der Waals surface area contributed by atoms with Crippen LogP contribution in [0.15, 0.2) is 89.4 Å². The molecule has 2 aromatic carbocycles. The van der Waals surface area contributed by atoms with E-state index in [-0.39, 0.29) is 11.7 Å². The Morgan fingerprint density at radius 3 is 2.47 bits per heavy atom. The molecular weight excluding hydrogens is 452 g/mol. The molecule has 9 nitrogen and oxygen atoms in total. The lowest BCUT2D eigenvalue weighted by molar-refractivity contribution is -0.118. The first-order valence-corrected chi connectivity index (χ1v) is 11.2. The third-order valence-electron chi connectivity index (χ3n) is 4.65. The van der Waals surface area contributed by atoms with Crippen molar-refractivity contribution in [3.05, 3.63) is 90.3 Å². The van der Waals surface area contributed by atoms with E-state index in [0.29, 0.717) is 16.5 Å². The first-order valence-electron chi connectivity index (χ1n) is 10.2. The summed E-state index contributed by atoms with van der Waals surface area (Å²) in [6.07, 6.45) is 4.89. The highest BCUT2D eigenvalue weighted by atomic mass is 32.2. The molecule has 1 N–H and O–H groups in total. The summed E-state index contributed by atoms with van der Waals surface area (Å²) >= 11 is 1.26. The highest BCUT2D eigenvalue weighted by Crippen LogP contribution is 2.27. The lowest BCUT2D eigenvalue weighted by Crippen LogP contribution is -2.20. The summed E-state index contributed by atoms with van der Waals surface area (Å²) in [5, 5.41) is 13.2. The Balaban J connectivity index is 1.42. The van der Waals surface area contributed by atoms with Gasteiger partial charge in [0.15, 0.2) is 11.0 Å². The Morgan fingerprint density at radius 1 is 1.03 bits per heavy atom. The molecule has 4 rings (SSSR count). The molecule has 0 fully saturated rings. The molecule has 0 saturated heterocycles. The fraction of sp³-hybridized carbons (Fsp3) is 0.0833. The predicted molar refractivity (Wildman–Crippen MR) is 129 cm³/mol. The van der Waals surface area contributed by atoms with Crippen molar-refractivity contribution in [3.8, 4) is 17.1 Å². The molecule has 2 aromatic heterocycles. The number of pyridine rings is 1. The first-order chi connectivity index (χ1) is 16.7. The molecule has 0 aliphatic carbocycles. The maximum Gasteiger partial charge on any atom is 0.337 e. The fourth-order valence-electron chi connectivity index (χ4n) is 3.03. The van der Waals surface area contributed by atoms with Crippen LogP contribution in [0.4, 0.5) is 0 Å². The van der Waals surface area contributed by atoms with Crippen LogP contribution in [0.25, 0.3) is 17.1 Å². The SMILES string of the molecule is COC(=O)c1ccc(C=NNC(=O)CSc2nnc(-c3ccncc3)n2-c2ccccc2)cc1. The minimum atomic E-state index is -0.413. The monoisotopic (exact) mass is 472 g/mol. The van der Waals surface area contributed by atoms with Crippen LogP contribution in [0.3, 0.4) is 0 Å². The van der Waals surface area contributed by atoms with Gasteiger partial charge in [0.05, 0.1) is 24.6 Å². The summed E-state index contributed by atoms with van der Waals surface area (Å²) in [6, 6.07) is 20.1. The summed E-state index contributed by atoms with van der Waals surface area (Å²) in [6.45, 7) is 0. The number of hydrogen-bond acceptors (Lipinski definition) is 8. The van der Waals surface area contributed by atoms with E-state index in [0.717, 1.165) is 16.8 Å². The molecule has 0 radical (unpaired) electrons. The van der Waals surface area contributed by atoms with Gasteiger partial charge >= 0.3 is 5.97 Å². The molecule has 10 heteroatoms. The zero-order chi connectivity index (χ0) is 23.8. The number of esters is 1. The van der Waals surface area contributed by atoms with Crippen molar-refractivity contribution >= 4 is 29.9 Å². The van der Waals surface area contributed by atoms with Crippen LogP contribution in [0.1, 0.15) is 15.9 Å². The largest absolute Gasteiger partial charge is 0.465 e. The molecule has 170 valence electrons. The molecule has 2 heterocycles. The van der Waals surface area contributed by atoms with Crippen LogP contribution in [0, 0.1) is 0 Å². The number of amides is 1. The molecule has 0 saturated carbocycles. The average molecular weight is 473 g/mol. The van der Waals surface area contributed by atoms with Crippen molar-refractivity contribution in [1.82, 2.24) is 25.2 Å². The number of hydrogen-bond donors (Lipinski definition) is 1. The molecule has 0 atom stereocenters. The summed E-state index contributed by atoms with van der Waals surface area (Å²) in [5.74, 6) is 0.0506. The van der Waals surface area contributed by atoms with Gasteiger partial charge in [-0.05, 0) is 42.0 Å².